The molecule has 3 heterocycles. The fourth-order valence-corrected chi connectivity index (χ4v) is 9.78. The normalized spacial score (nSPS) is 17.6. The third kappa shape index (κ3) is 7.64. The topological polar surface area (TPSA) is 48.6 Å². The van der Waals surface area contributed by atoms with Crippen LogP contribution in [0.2, 0.25) is 0 Å². The highest BCUT2D eigenvalue weighted by Crippen LogP contribution is 2.43. The van der Waals surface area contributed by atoms with Crippen molar-refractivity contribution in [1.82, 2.24) is 9.55 Å². The van der Waals surface area contributed by atoms with Crippen LogP contribution in [0.25, 0.3) is 38.8 Å². The van der Waals surface area contributed by atoms with Gasteiger partial charge in [0, 0.05) is 28.6 Å². The van der Waals surface area contributed by atoms with Gasteiger partial charge in [-0.05, 0) is 144 Å². The van der Waals surface area contributed by atoms with E-state index in [2.05, 4.69) is 176 Å². The minimum atomic E-state index is -0.117. The van der Waals surface area contributed by atoms with Crippen LogP contribution in [0.5, 0.6) is 11.5 Å². The highest BCUT2D eigenvalue weighted by Gasteiger charge is 2.39. The summed E-state index contributed by atoms with van der Waals surface area (Å²) in [4.78, 5) is 10.4. The Morgan fingerprint density at radius 3 is 2.05 bits per heavy atom. The van der Waals surface area contributed by atoms with Gasteiger partial charge < -0.3 is 9.47 Å². The summed E-state index contributed by atoms with van der Waals surface area (Å²) in [5.41, 5.74) is 12.9. The van der Waals surface area contributed by atoms with Crippen LogP contribution >= 0.6 is 0 Å². The lowest BCUT2D eigenvalue weighted by Gasteiger charge is -2.29. The predicted octanol–water partition coefficient (Wildman–Crippen LogP) is 14.6. The van der Waals surface area contributed by atoms with E-state index in [-0.39, 0.29) is 23.0 Å². The van der Waals surface area contributed by atoms with Crippen molar-refractivity contribution in [2.45, 2.75) is 117 Å². The quantitative estimate of drug-likeness (QED) is 0.161. The van der Waals surface area contributed by atoms with E-state index in [1.54, 1.807) is 0 Å². The van der Waals surface area contributed by atoms with Gasteiger partial charge in [0.15, 0.2) is 0 Å². The highest BCUT2D eigenvalue weighted by molar-refractivity contribution is 6.10. The van der Waals surface area contributed by atoms with Crippen molar-refractivity contribution in [3.05, 3.63) is 154 Å². The van der Waals surface area contributed by atoms with Gasteiger partial charge in [-0.2, -0.15) is 0 Å². The van der Waals surface area contributed by atoms with Crippen molar-refractivity contribution in [2.24, 2.45) is 10.9 Å². The molecule has 1 fully saturated rings. The van der Waals surface area contributed by atoms with Gasteiger partial charge in [-0.3, -0.25) is 4.57 Å². The molecule has 0 N–H and O–H groups in total. The summed E-state index contributed by atoms with van der Waals surface area (Å²) in [7, 11) is 0. The molecule has 7 aromatic rings. The van der Waals surface area contributed by atoms with Crippen molar-refractivity contribution in [3.8, 4) is 28.4 Å². The van der Waals surface area contributed by atoms with E-state index in [0.717, 1.165) is 39.5 Å². The Balaban J connectivity index is 1.19. The number of pyridine rings is 1. The SMILES string of the molecule is Cc1cc(C)c(-c2cc(Oc3ccc4c5cc(C(C)(C)C)ccc5n(-c5cc(C(C)(C)C)ccn5)c4c3)cc(C3=N[C@H](C4CCCCC4)[C@H](c4ccccc4)O3)c2)c(C)c1. The van der Waals surface area contributed by atoms with Crippen LogP contribution in [-0.4, -0.2) is 21.5 Å². The molecule has 5 aromatic carbocycles. The summed E-state index contributed by atoms with van der Waals surface area (Å²) in [5.74, 6) is 3.60. The number of aryl methyl sites for hydroxylation is 3. The number of ether oxygens (including phenoxy) is 2. The van der Waals surface area contributed by atoms with Crippen LogP contribution in [0.15, 0.2) is 120 Å². The molecule has 1 aliphatic heterocycles. The first-order valence-electron chi connectivity index (χ1n) is 22.0. The van der Waals surface area contributed by atoms with Crippen LogP contribution in [0, 0.1) is 26.7 Å². The average molecular weight is 794 g/mol. The van der Waals surface area contributed by atoms with Crippen LogP contribution in [0.1, 0.15) is 119 Å². The highest BCUT2D eigenvalue weighted by atomic mass is 16.5. The molecule has 5 heteroatoms. The average Bonchev–Trinajstić information content (AvgIpc) is 3.80. The van der Waals surface area contributed by atoms with Gasteiger partial charge in [0.05, 0.1) is 17.1 Å². The van der Waals surface area contributed by atoms with Gasteiger partial charge in [0.25, 0.3) is 0 Å². The molecule has 0 bridgehead atoms. The largest absolute Gasteiger partial charge is 0.467 e. The lowest BCUT2D eigenvalue weighted by Crippen LogP contribution is -2.25. The number of aliphatic imine (C=N–C) groups is 1. The summed E-state index contributed by atoms with van der Waals surface area (Å²) < 4.78 is 16.3. The minimum absolute atomic E-state index is 0.0117. The predicted molar refractivity (Wildman–Crippen MR) is 249 cm³/mol. The first-order valence-corrected chi connectivity index (χ1v) is 22.0. The Kier molecular flexibility index (Phi) is 10.2. The van der Waals surface area contributed by atoms with Gasteiger partial charge in [-0.1, -0.05) is 115 Å². The third-order valence-corrected chi connectivity index (χ3v) is 12.9. The van der Waals surface area contributed by atoms with Crippen LogP contribution in [-0.2, 0) is 15.6 Å². The van der Waals surface area contributed by atoms with Gasteiger partial charge >= 0.3 is 0 Å². The first-order chi connectivity index (χ1) is 28.7. The molecule has 9 rings (SSSR count). The van der Waals surface area contributed by atoms with Crippen molar-refractivity contribution >= 4 is 27.7 Å². The number of nitrogens with zero attached hydrogens (tertiary/aromatic N) is 3. The molecule has 0 unspecified atom stereocenters. The Labute approximate surface area is 356 Å². The number of fused-ring (bicyclic) bond motifs is 3. The standard InChI is InChI=1S/C55H59N3O2/c1-34-26-35(2)50(36(3)27-34)39-28-40(53-57-51(37-16-12-10-13-17-37)52(60-53)38-18-14-11-15-19-38)30-44(29-39)59-43-21-22-45-46-31-41(54(4,5)6)20-23-47(46)58(48(45)33-43)49-32-42(24-25-56-49)55(7,8)9/h11,14-15,18-33,37,51-52H,10,12-13,16-17H2,1-9H3/t51-,52+/m1/s1. The smallest absolute Gasteiger partial charge is 0.217 e. The molecule has 1 aliphatic carbocycles. The Morgan fingerprint density at radius 2 is 1.33 bits per heavy atom. The van der Waals surface area contributed by atoms with E-state index in [1.807, 2.05) is 6.20 Å². The maximum Gasteiger partial charge on any atom is 0.217 e. The molecule has 2 aliphatic rings. The summed E-state index contributed by atoms with van der Waals surface area (Å²) >= 11 is 0. The maximum absolute atomic E-state index is 7.01. The number of benzene rings is 5. The van der Waals surface area contributed by atoms with E-state index in [1.165, 1.54) is 81.8 Å². The van der Waals surface area contributed by atoms with Crippen LogP contribution in [0.3, 0.4) is 0 Å². The second-order valence-electron chi connectivity index (χ2n) is 19.5. The number of aromatic nitrogens is 2. The van der Waals surface area contributed by atoms with Crippen molar-refractivity contribution in [2.75, 3.05) is 0 Å². The monoisotopic (exact) mass is 793 g/mol. The Morgan fingerprint density at radius 1 is 0.633 bits per heavy atom. The molecule has 0 saturated heterocycles. The van der Waals surface area contributed by atoms with Crippen LogP contribution in [0.4, 0.5) is 0 Å². The second-order valence-corrected chi connectivity index (χ2v) is 19.5. The zero-order valence-electron chi connectivity index (χ0n) is 36.9. The lowest BCUT2D eigenvalue weighted by atomic mass is 9.81. The van der Waals surface area contributed by atoms with Gasteiger partial charge in [0.2, 0.25) is 5.90 Å². The zero-order chi connectivity index (χ0) is 41.9. The summed E-state index contributed by atoms with van der Waals surface area (Å²) in [5, 5.41) is 2.37. The van der Waals surface area contributed by atoms with Gasteiger partial charge in [-0.25, -0.2) is 9.98 Å². The third-order valence-electron chi connectivity index (χ3n) is 12.9. The fraction of sp³-hybridized carbons (Fsp3) is 0.345. The van der Waals surface area contributed by atoms with Crippen LogP contribution < -0.4 is 4.74 Å². The molecule has 2 aromatic heterocycles. The molecule has 0 spiro atoms. The van der Waals surface area contributed by atoms with Crippen molar-refractivity contribution in [1.29, 1.82) is 0 Å². The second kappa shape index (κ2) is 15.4. The first kappa shape index (κ1) is 39.8. The fourth-order valence-electron chi connectivity index (χ4n) is 9.78. The van der Waals surface area contributed by atoms with E-state index >= 15 is 0 Å². The molecule has 5 nitrogen and oxygen atoms in total. The molecule has 60 heavy (non-hydrogen) atoms. The van der Waals surface area contributed by atoms with E-state index in [9.17, 15) is 0 Å². The van der Waals surface area contributed by atoms with E-state index in [0.29, 0.717) is 11.8 Å². The number of hydrogen-bond donors (Lipinski definition) is 0. The molecular weight excluding hydrogens is 735 g/mol. The van der Waals surface area contributed by atoms with Crippen molar-refractivity contribution < 1.29 is 9.47 Å². The molecule has 306 valence electrons. The molecule has 2 atom stereocenters. The van der Waals surface area contributed by atoms with Gasteiger partial charge in [-0.15, -0.1) is 0 Å². The molecule has 0 amide bonds. The minimum Gasteiger partial charge on any atom is -0.467 e. The summed E-state index contributed by atoms with van der Waals surface area (Å²) in [6.07, 6.45) is 8.02. The maximum atomic E-state index is 7.01. The molecule has 0 radical (unpaired) electrons. The Bertz CT molecular complexity index is 2730. The summed E-state index contributed by atoms with van der Waals surface area (Å²) in [6, 6.07) is 39.6. The molecule has 1 saturated carbocycles. The van der Waals surface area contributed by atoms with E-state index < -0.39 is 0 Å². The zero-order valence-corrected chi connectivity index (χ0v) is 36.9. The lowest BCUT2D eigenvalue weighted by molar-refractivity contribution is 0.150. The number of rotatable bonds is 7. The van der Waals surface area contributed by atoms with Crippen molar-refractivity contribution in [3.63, 3.8) is 0 Å². The van der Waals surface area contributed by atoms with E-state index in [4.69, 9.17) is 19.5 Å². The number of hydrogen-bond acceptors (Lipinski definition) is 4. The summed E-state index contributed by atoms with van der Waals surface area (Å²) in [6.45, 7) is 20.2. The Hall–Kier alpha value is -5.68. The van der Waals surface area contributed by atoms with Gasteiger partial charge in [0.1, 0.15) is 23.4 Å². The molecular formula is C55H59N3O2.